The van der Waals surface area contributed by atoms with E-state index in [2.05, 4.69) is 26.2 Å². The molecule has 0 aromatic carbocycles. The predicted octanol–water partition coefficient (Wildman–Crippen LogP) is 2.02. The maximum absolute atomic E-state index is 13.8. The van der Waals surface area contributed by atoms with Crippen LogP contribution < -0.4 is 0 Å². The van der Waals surface area contributed by atoms with E-state index in [1.54, 1.807) is 6.92 Å². The van der Waals surface area contributed by atoms with E-state index in [4.69, 9.17) is 4.74 Å². The molecule has 0 aromatic heterocycles. The second-order valence-electron chi connectivity index (χ2n) is 6.70. The molecule has 2 saturated heterocycles. The highest BCUT2D eigenvalue weighted by Crippen LogP contribution is 2.34. The Morgan fingerprint density at radius 3 is 2.82 bits per heavy atom. The highest BCUT2D eigenvalue weighted by Gasteiger charge is 2.42. The van der Waals surface area contributed by atoms with Gasteiger partial charge in [-0.25, -0.2) is 4.39 Å². The molecule has 0 saturated carbocycles. The minimum absolute atomic E-state index is 0.0968. The summed E-state index contributed by atoms with van der Waals surface area (Å²) in [6.45, 7) is 8.54. The van der Waals surface area contributed by atoms with Crippen LogP contribution >= 0.6 is 9.24 Å². The number of hydrogen-bond donors (Lipinski definition) is 0. The van der Waals surface area contributed by atoms with Crippen LogP contribution in [-0.4, -0.2) is 65.3 Å². The molecule has 4 atom stereocenters. The zero-order valence-electron chi connectivity index (χ0n) is 13.7. The van der Waals surface area contributed by atoms with Crippen LogP contribution in [0.5, 0.6) is 0 Å². The van der Waals surface area contributed by atoms with Gasteiger partial charge in [0.05, 0.1) is 17.9 Å². The van der Waals surface area contributed by atoms with Gasteiger partial charge in [0.2, 0.25) is 0 Å². The molecule has 7 heteroatoms. The van der Waals surface area contributed by atoms with Crippen LogP contribution in [0.2, 0.25) is 0 Å². The van der Waals surface area contributed by atoms with Crippen molar-refractivity contribution >= 4 is 21.2 Å². The molecular formula is C15H27FN3O2P. The summed E-state index contributed by atoms with van der Waals surface area (Å²) < 4.78 is 20.0. The van der Waals surface area contributed by atoms with Crippen LogP contribution in [0.15, 0.2) is 5.10 Å². The third kappa shape index (κ3) is 4.46. The van der Waals surface area contributed by atoms with E-state index < -0.39 is 5.41 Å². The summed E-state index contributed by atoms with van der Waals surface area (Å²) in [5.74, 6) is 0. The predicted molar refractivity (Wildman–Crippen MR) is 88.7 cm³/mol. The number of ether oxygens (including phenoxy) is 1. The average Bonchev–Trinajstić information content (AvgIpc) is 2.96. The molecule has 2 heterocycles. The Bertz CT molecular complexity index is 447. The number of hydrazone groups is 1. The molecule has 2 aliphatic heterocycles. The molecule has 0 aliphatic carbocycles. The number of likely N-dealkylation sites (tertiary alicyclic amines) is 1. The second kappa shape index (κ2) is 6.90. The van der Waals surface area contributed by atoms with Crippen LogP contribution in [0.4, 0.5) is 4.39 Å². The lowest BCUT2D eigenvalue weighted by Gasteiger charge is -2.26. The molecule has 2 rings (SSSR count). The van der Waals surface area contributed by atoms with Crippen molar-refractivity contribution < 1.29 is 13.9 Å². The van der Waals surface area contributed by atoms with Crippen molar-refractivity contribution in [2.24, 2.45) is 5.10 Å². The van der Waals surface area contributed by atoms with Gasteiger partial charge in [0.25, 0.3) is 0 Å². The number of aldehydes is 1. The Morgan fingerprint density at radius 2 is 2.27 bits per heavy atom. The minimum Gasteiger partial charge on any atom is -0.349 e. The summed E-state index contributed by atoms with van der Waals surface area (Å²) in [7, 11) is 2.31. The maximum Gasteiger partial charge on any atom is 0.165 e. The standard InChI is InChI=1S/C15H27FN3O2P/c1-4-13-19(17-12(2)9-20)10-14(3,21-13)5-7-18-8-6-15(16,22)11-18/h9,13H,4-8,10-11,22H2,1-3H3/b17-12+. The molecule has 0 amide bonds. The quantitative estimate of drug-likeness (QED) is 0.424. The Kier molecular flexibility index (Phi) is 5.57. The zero-order chi connectivity index (χ0) is 16.4. The first-order valence-corrected chi connectivity index (χ1v) is 8.50. The SMILES string of the molecule is CCC1OC(C)(CCN2CCC(F)(P)C2)CN1/N=C(\C)C=O. The number of hydrogen-bond acceptors (Lipinski definition) is 5. The van der Waals surface area contributed by atoms with Crippen molar-refractivity contribution in [3.8, 4) is 0 Å². The van der Waals surface area contributed by atoms with E-state index in [0.29, 0.717) is 25.2 Å². The van der Waals surface area contributed by atoms with Gasteiger partial charge in [-0.2, -0.15) is 5.10 Å². The lowest BCUT2D eigenvalue weighted by atomic mass is 10.0. The van der Waals surface area contributed by atoms with Crippen molar-refractivity contribution in [1.82, 2.24) is 9.91 Å². The fourth-order valence-corrected chi connectivity index (χ4v) is 3.48. The van der Waals surface area contributed by atoms with Crippen LogP contribution in [0.3, 0.4) is 0 Å². The van der Waals surface area contributed by atoms with Crippen LogP contribution in [0.1, 0.15) is 40.0 Å². The topological polar surface area (TPSA) is 45.1 Å². The van der Waals surface area contributed by atoms with Gasteiger partial charge in [0.15, 0.2) is 6.29 Å². The maximum atomic E-state index is 13.8. The summed E-state index contributed by atoms with van der Waals surface area (Å²) >= 11 is 0. The summed E-state index contributed by atoms with van der Waals surface area (Å²) in [5.41, 5.74) is 0.145. The minimum atomic E-state index is -1.14. The highest BCUT2D eigenvalue weighted by atomic mass is 31.0. The smallest absolute Gasteiger partial charge is 0.165 e. The lowest BCUT2D eigenvalue weighted by Crippen LogP contribution is -2.35. The van der Waals surface area contributed by atoms with Crippen molar-refractivity contribution in [1.29, 1.82) is 0 Å². The summed E-state index contributed by atoms with van der Waals surface area (Å²) in [5, 5.41) is 5.05. The Hall–Kier alpha value is -0.580. The molecule has 0 radical (unpaired) electrons. The molecule has 126 valence electrons. The van der Waals surface area contributed by atoms with E-state index in [0.717, 1.165) is 32.2 Å². The molecule has 22 heavy (non-hydrogen) atoms. The Morgan fingerprint density at radius 1 is 1.55 bits per heavy atom. The van der Waals surface area contributed by atoms with E-state index in [-0.39, 0.29) is 11.8 Å². The molecule has 0 aromatic rings. The molecule has 2 fully saturated rings. The van der Waals surface area contributed by atoms with Crippen LogP contribution in [0, 0.1) is 0 Å². The zero-order valence-corrected chi connectivity index (χ0v) is 14.9. The van der Waals surface area contributed by atoms with E-state index >= 15 is 0 Å². The number of nitrogens with zero attached hydrogens (tertiary/aromatic N) is 3. The number of rotatable bonds is 6. The molecule has 0 N–H and O–H groups in total. The van der Waals surface area contributed by atoms with Crippen LogP contribution in [-0.2, 0) is 9.53 Å². The first-order chi connectivity index (χ1) is 10.3. The largest absolute Gasteiger partial charge is 0.349 e. The van der Waals surface area contributed by atoms with Gasteiger partial charge in [-0.05, 0) is 33.1 Å². The van der Waals surface area contributed by atoms with Crippen molar-refractivity contribution in [3.63, 3.8) is 0 Å². The summed E-state index contributed by atoms with van der Waals surface area (Å²) in [4.78, 5) is 12.9. The number of carbonyl (C=O) groups excluding carboxylic acids is 1. The lowest BCUT2D eigenvalue weighted by molar-refractivity contribution is -0.102. The fraction of sp³-hybridized carbons (Fsp3) is 0.867. The Labute approximate surface area is 134 Å². The first kappa shape index (κ1) is 17.8. The highest BCUT2D eigenvalue weighted by molar-refractivity contribution is 7.18. The molecule has 4 unspecified atom stereocenters. The third-order valence-electron chi connectivity index (χ3n) is 4.34. The average molecular weight is 331 g/mol. The summed E-state index contributed by atoms with van der Waals surface area (Å²) in [6.07, 6.45) is 2.87. The van der Waals surface area contributed by atoms with Gasteiger partial charge < -0.3 is 4.74 Å². The fourth-order valence-electron chi connectivity index (χ4n) is 3.09. The van der Waals surface area contributed by atoms with Crippen molar-refractivity contribution in [3.05, 3.63) is 0 Å². The van der Waals surface area contributed by atoms with Crippen molar-refractivity contribution in [2.75, 3.05) is 26.2 Å². The van der Waals surface area contributed by atoms with E-state index in [9.17, 15) is 9.18 Å². The number of alkyl halides is 1. The number of halogens is 1. The van der Waals surface area contributed by atoms with E-state index in [1.807, 2.05) is 11.9 Å². The third-order valence-corrected chi connectivity index (χ3v) is 4.81. The van der Waals surface area contributed by atoms with Gasteiger partial charge in [-0.3, -0.25) is 14.7 Å². The van der Waals surface area contributed by atoms with Gasteiger partial charge >= 0.3 is 0 Å². The van der Waals surface area contributed by atoms with Crippen LogP contribution in [0.25, 0.3) is 0 Å². The van der Waals surface area contributed by atoms with Gasteiger partial charge in [0.1, 0.15) is 11.6 Å². The molecule has 2 aliphatic rings. The number of carbonyl (C=O) groups is 1. The first-order valence-electron chi connectivity index (χ1n) is 7.92. The summed E-state index contributed by atoms with van der Waals surface area (Å²) in [6, 6.07) is 0. The molecular weight excluding hydrogens is 304 g/mol. The molecule has 0 spiro atoms. The second-order valence-corrected chi connectivity index (χ2v) is 7.73. The molecule has 0 bridgehead atoms. The van der Waals surface area contributed by atoms with Gasteiger partial charge in [-0.15, -0.1) is 0 Å². The normalized spacial score (nSPS) is 37.0. The molecule has 5 nitrogen and oxygen atoms in total. The van der Waals surface area contributed by atoms with E-state index in [1.165, 1.54) is 0 Å². The van der Waals surface area contributed by atoms with Crippen molar-refractivity contribution in [2.45, 2.75) is 57.3 Å². The Balaban J connectivity index is 1.92. The monoisotopic (exact) mass is 331 g/mol. The van der Waals surface area contributed by atoms with Gasteiger partial charge in [-0.1, -0.05) is 16.2 Å². The van der Waals surface area contributed by atoms with Gasteiger partial charge in [0, 0.05) is 19.6 Å².